The van der Waals surface area contributed by atoms with Crippen LogP contribution in [0.4, 0.5) is 0 Å². The monoisotopic (exact) mass is 623 g/mol. The zero-order valence-electron chi connectivity index (χ0n) is 21.8. The highest BCUT2D eigenvalue weighted by Gasteiger charge is 2.54. The minimum atomic E-state index is -0.395. The summed E-state index contributed by atoms with van der Waals surface area (Å²) in [5, 5.41) is 1.80. The first kappa shape index (κ1) is 26.9. The van der Waals surface area contributed by atoms with Crippen LogP contribution < -0.4 is 0 Å². The Balaban J connectivity index is 1.49. The van der Waals surface area contributed by atoms with E-state index in [1.165, 1.54) is 10.5 Å². The van der Waals surface area contributed by atoms with Crippen molar-refractivity contribution in [2.75, 3.05) is 32.8 Å². The number of halogens is 2. The fourth-order valence-corrected chi connectivity index (χ4v) is 7.88. The average molecular weight is 625 g/mol. The number of rotatable bonds is 7. The molecule has 2 unspecified atom stereocenters. The molecule has 0 spiro atoms. The second kappa shape index (κ2) is 11.3. The van der Waals surface area contributed by atoms with E-state index in [1.807, 2.05) is 36.0 Å². The predicted octanol–water partition coefficient (Wildman–Crippen LogP) is 7.23. The fraction of sp³-hybridized carbons (Fsp3) is 0.323. The van der Waals surface area contributed by atoms with Gasteiger partial charge in [0.05, 0.1) is 24.0 Å². The molecule has 1 aromatic heterocycles. The van der Waals surface area contributed by atoms with Crippen LogP contribution in [0.2, 0.25) is 5.02 Å². The van der Waals surface area contributed by atoms with E-state index >= 15 is 0 Å². The van der Waals surface area contributed by atoms with E-state index in [-0.39, 0.29) is 11.9 Å². The van der Waals surface area contributed by atoms with Crippen LogP contribution in [-0.2, 0) is 16.1 Å². The summed E-state index contributed by atoms with van der Waals surface area (Å²) in [7, 11) is 0. The minimum absolute atomic E-state index is 0.141. The number of thioether (sulfide) groups is 1. The van der Waals surface area contributed by atoms with Gasteiger partial charge in [-0.05, 0) is 48.9 Å². The lowest BCUT2D eigenvalue weighted by atomic mass is 9.91. The van der Waals surface area contributed by atoms with Crippen LogP contribution in [0.5, 0.6) is 0 Å². The zero-order chi connectivity index (χ0) is 27.0. The van der Waals surface area contributed by atoms with Crippen LogP contribution in [0.3, 0.4) is 0 Å². The number of carbonyl (C=O) groups excluding carboxylic acids is 1. The van der Waals surface area contributed by atoms with Gasteiger partial charge in [0, 0.05) is 69.7 Å². The van der Waals surface area contributed by atoms with E-state index < -0.39 is 4.75 Å². The van der Waals surface area contributed by atoms with Gasteiger partial charge in [-0.25, -0.2) is 0 Å². The number of morpholine rings is 1. The molecule has 2 aliphatic heterocycles. The Morgan fingerprint density at radius 2 is 1.82 bits per heavy atom. The zero-order valence-corrected chi connectivity index (χ0v) is 25.0. The maximum absolute atomic E-state index is 14.1. The molecule has 5 nitrogen and oxygen atoms in total. The summed E-state index contributed by atoms with van der Waals surface area (Å²) >= 11 is 11.7. The molecule has 0 bridgehead atoms. The second-order valence-corrected chi connectivity index (χ2v) is 13.4. The van der Waals surface area contributed by atoms with Crippen LogP contribution in [0.15, 0.2) is 82.3 Å². The minimum Gasteiger partial charge on any atom is -0.379 e. The Bertz CT molecular complexity index is 1470. The molecule has 3 aromatic carbocycles. The molecule has 6 rings (SSSR count). The Morgan fingerprint density at radius 1 is 1.08 bits per heavy atom. The molecule has 1 amide bonds. The number of ether oxygens (including phenoxy) is 1. The quantitative estimate of drug-likeness (QED) is 0.236. The molecule has 0 saturated carbocycles. The molecule has 8 heteroatoms. The number of fused-ring (bicyclic) bond motifs is 1. The summed E-state index contributed by atoms with van der Waals surface area (Å²) in [4.78, 5) is 23.3. The first-order valence-corrected chi connectivity index (χ1v) is 15.3. The number of carbonyl (C=O) groups is 1. The van der Waals surface area contributed by atoms with Gasteiger partial charge in [-0.2, -0.15) is 0 Å². The van der Waals surface area contributed by atoms with Crippen molar-refractivity contribution in [3.63, 3.8) is 0 Å². The van der Waals surface area contributed by atoms with Crippen molar-refractivity contribution < 1.29 is 9.53 Å². The summed E-state index contributed by atoms with van der Waals surface area (Å²) in [5.41, 5.74) is 4.46. The lowest BCUT2D eigenvalue weighted by molar-refractivity contribution is -0.129. The van der Waals surface area contributed by atoms with E-state index in [0.717, 1.165) is 59.4 Å². The Hall–Kier alpha value is -2.29. The number of aryl methyl sites for hydroxylation is 1. The van der Waals surface area contributed by atoms with Gasteiger partial charge in [0.1, 0.15) is 0 Å². The molecule has 2 atom stereocenters. The molecule has 0 radical (unpaired) electrons. The Kier molecular flexibility index (Phi) is 7.79. The Labute approximate surface area is 247 Å². The highest BCUT2D eigenvalue weighted by atomic mass is 79.9. The van der Waals surface area contributed by atoms with Gasteiger partial charge in [-0.1, -0.05) is 63.4 Å². The normalized spacial score (nSPS) is 22.2. The molecule has 2 aliphatic rings. The number of hydrogen-bond donors (Lipinski definition) is 1. The lowest BCUT2D eigenvalue weighted by Crippen LogP contribution is -2.48. The first-order valence-electron chi connectivity index (χ1n) is 13.3. The molecular weight excluding hydrogens is 594 g/mol. The number of amides is 1. The molecule has 202 valence electrons. The van der Waals surface area contributed by atoms with Crippen LogP contribution in [0, 0.1) is 6.92 Å². The molecule has 2 saturated heterocycles. The second-order valence-electron chi connectivity index (χ2n) is 10.5. The van der Waals surface area contributed by atoms with Crippen LogP contribution in [-0.4, -0.2) is 58.3 Å². The van der Waals surface area contributed by atoms with Crippen molar-refractivity contribution >= 4 is 56.1 Å². The number of aromatic amines is 1. The number of likely N-dealkylation sites (tertiary alicyclic amines) is 1. The number of H-pyrrole nitrogens is 1. The van der Waals surface area contributed by atoms with E-state index in [0.29, 0.717) is 18.0 Å². The van der Waals surface area contributed by atoms with Gasteiger partial charge in [0.15, 0.2) is 0 Å². The van der Waals surface area contributed by atoms with Gasteiger partial charge >= 0.3 is 0 Å². The van der Waals surface area contributed by atoms with Crippen molar-refractivity contribution in [1.29, 1.82) is 0 Å². The number of hydrogen-bond acceptors (Lipinski definition) is 4. The van der Waals surface area contributed by atoms with E-state index in [4.69, 9.17) is 16.3 Å². The van der Waals surface area contributed by atoms with Gasteiger partial charge in [0.25, 0.3) is 0 Å². The number of nitrogens with zero attached hydrogens (tertiary/aromatic N) is 2. The SMILES string of the molecule is Cc1ccc(SC2(CN3CCOCC3)CC(=O)N(Cc3ccc(Br)cc3)C2c2c[nH]c3cc(Cl)ccc23)cc1. The smallest absolute Gasteiger partial charge is 0.224 e. The molecule has 3 heterocycles. The number of nitrogens with one attached hydrogen (secondary N) is 1. The average Bonchev–Trinajstić information content (AvgIpc) is 3.44. The summed E-state index contributed by atoms with van der Waals surface area (Å²) in [6, 6.07) is 22.8. The maximum Gasteiger partial charge on any atom is 0.224 e. The highest BCUT2D eigenvalue weighted by molar-refractivity contribution is 9.10. The molecular formula is C31H31BrClN3O2S. The molecule has 4 aromatic rings. The highest BCUT2D eigenvalue weighted by Crippen LogP contribution is 2.54. The number of benzene rings is 3. The predicted molar refractivity (Wildman–Crippen MR) is 162 cm³/mol. The standard InChI is InChI=1S/C31H31BrClN3O2S/c1-21-2-9-25(10-3-21)39-31(20-35-12-14-38-15-13-35)17-29(37)36(19-22-4-6-23(32)7-5-22)30(31)27-18-34-28-16-24(33)8-11-26(27)28/h2-11,16,18,30,34H,12-15,17,19-20H2,1H3. The third kappa shape index (κ3) is 5.66. The number of aromatic nitrogens is 1. The van der Waals surface area contributed by atoms with Crippen LogP contribution >= 0.6 is 39.3 Å². The maximum atomic E-state index is 14.1. The summed E-state index contributed by atoms with van der Waals surface area (Å²) in [5.74, 6) is 0.180. The third-order valence-corrected chi connectivity index (χ3v) is 9.93. The van der Waals surface area contributed by atoms with Crippen molar-refractivity contribution in [2.24, 2.45) is 0 Å². The molecule has 0 aliphatic carbocycles. The topological polar surface area (TPSA) is 48.6 Å². The Morgan fingerprint density at radius 3 is 2.56 bits per heavy atom. The molecule has 39 heavy (non-hydrogen) atoms. The summed E-state index contributed by atoms with van der Waals surface area (Å²) < 4.78 is 6.31. The molecule has 2 fully saturated rings. The van der Waals surface area contributed by atoms with Crippen LogP contribution in [0.1, 0.15) is 29.2 Å². The fourth-order valence-electron chi connectivity index (χ4n) is 5.89. The lowest BCUT2D eigenvalue weighted by Gasteiger charge is -2.41. The van der Waals surface area contributed by atoms with Crippen molar-refractivity contribution in [2.45, 2.75) is 35.6 Å². The van der Waals surface area contributed by atoms with Crippen molar-refractivity contribution in [1.82, 2.24) is 14.8 Å². The van der Waals surface area contributed by atoms with Crippen LogP contribution in [0.25, 0.3) is 10.9 Å². The third-order valence-electron chi connectivity index (χ3n) is 7.75. The van der Waals surface area contributed by atoms with Crippen molar-refractivity contribution in [3.8, 4) is 0 Å². The first-order chi connectivity index (χ1) is 18.9. The van der Waals surface area contributed by atoms with Gasteiger partial charge in [-0.3, -0.25) is 9.69 Å². The summed E-state index contributed by atoms with van der Waals surface area (Å²) in [6.07, 6.45) is 2.55. The van der Waals surface area contributed by atoms with Gasteiger partial charge < -0.3 is 14.6 Å². The van der Waals surface area contributed by atoms with Gasteiger partial charge in [-0.15, -0.1) is 11.8 Å². The van der Waals surface area contributed by atoms with Crippen molar-refractivity contribution in [3.05, 3.63) is 99.1 Å². The summed E-state index contributed by atoms with van der Waals surface area (Å²) in [6.45, 7) is 6.63. The van der Waals surface area contributed by atoms with E-state index in [2.05, 4.69) is 86.3 Å². The van der Waals surface area contributed by atoms with Gasteiger partial charge in [0.2, 0.25) is 5.91 Å². The van der Waals surface area contributed by atoms with E-state index in [9.17, 15) is 4.79 Å². The molecule has 1 N–H and O–H groups in total. The van der Waals surface area contributed by atoms with E-state index in [1.54, 1.807) is 0 Å². The largest absolute Gasteiger partial charge is 0.379 e.